The van der Waals surface area contributed by atoms with Crippen LogP contribution < -0.4 is 0 Å². The summed E-state index contributed by atoms with van der Waals surface area (Å²) in [4.78, 5) is 11.2. The van der Waals surface area contributed by atoms with Gasteiger partial charge in [-0.2, -0.15) is 12.6 Å². The Morgan fingerprint density at radius 1 is 1.16 bits per heavy atom. The lowest BCUT2D eigenvalue weighted by atomic mass is 9.88. The molecule has 0 radical (unpaired) electrons. The topological polar surface area (TPSA) is 44.8 Å². The van der Waals surface area contributed by atoms with Crippen molar-refractivity contribution in [3.8, 4) is 0 Å². The Labute approximate surface area is 121 Å². The van der Waals surface area contributed by atoms with E-state index < -0.39 is 0 Å². The van der Waals surface area contributed by atoms with Gasteiger partial charge in [-0.1, -0.05) is 19.1 Å². The van der Waals surface area contributed by atoms with E-state index in [1.165, 1.54) is 0 Å². The monoisotopic (exact) mass is 288 g/mol. The highest BCUT2D eigenvalue weighted by atomic mass is 32.1. The summed E-state index contributed by atoms with van der Waals surface area (Å²) in [5.41, 5.74) is -0.343. The van der Waals surface area contributed by atoms with Crippen molar-refractivity contribution in [3.63, 3.8) is 0 Å². The molecule has 4 nitrogen and oxygen atoms in total. The highest BCUT2D eigenvalue weighted by Gasteiger charge is 2.31. The zero-order valence-electron chi connectivity index (χ0n) is 11.6. The summed E-state index contributed by atoms with van der Waals surface area (Å²) in [6.07, 6.45) is 4.15. The first-order chi connectivity index (χ1) is 9.14. The maximum Gasteiger partial charge on any atom is 0.315 e. The number of esters is 1. The first-order valence-corrected chi connectivity index (χ1v) is 6.91. The molecule has 0 aliphatic rings. The van der Waals surface area contributed by atoms with Crippen molar-refractivity contribution in [2.75, 3.05) is 38.8 Å². The molecule has 0 amide bonds. The molecule has 0 aromatic heterocycles. The van der Waals surface area contributed by atoms with E-state index in [4.69, 9.17) is 14.2 Å². The second-order valence-corrected chi connectivity index (χ2v) is 4.60. The van der Waals surface area contributed by atoms with E-state index in [1.54, 1.807) is 12.2 Å². The van der Waals surface area contributed by atoms with Crippen molar-refractivity contribution in [2.24, 2.45) is 5.41 Å². The van der Waals surface area contributed by atoms with Gasteiger partial charge < -0.3 is 14.2 Å². The number of hydrogen-bond acceptors (Lipinski definition) is 5. The predicted octanol–water partition coefficient (Wildman–Crippen LogP) is 2.26. The fourth-order valence-corrected chi connectivity index (χ4v) is 1.52. The molecule has 0 aliphatic heterocycles. The minimum Gasteiger partial charge on any atom is -0.464 e. The van der Waals surface area contributed by atoms with Gasteiger partial charge in [-0.15, -0.1) is 13.2 Å². The third-order valence-corrected chi connectivity index (χ3v) is 2.96. The van der Waals surface area contributed by atoms with Crippen molar-refractivity contribution in [1.29, 1.82) is 0 Å². The SMILES string of the molecule is C=CCOCC(CC)(COCC=C)COC(=O)CS. The number of thiol groups is 1. The molecule has 0 spiro atoms. The summed E-state index contributed by atoms with van der Waals surface area (Å²) in [5.74, 6) is -0.269. The van der Waals surface area contributed by atoms with E-state index >= 15 is 0 Å². The van der Waals surface area contributed by atoms with Crippen molar-refractivity contribution in [2.45, 2.75) is 13.3 Å². The maximum atomic E-state index is 11.2. The lowest BCUT2D eigenvalue weighted by molar-refractivity contribution is -0.148. The maximum absolute atomic E-state index is 11.2. The third-order valence-electron chi connectivity index (χ3n) is 2.71. The van der Waals surface area contributed by atoms with Gasteiger partial charge in [-0.05, 0) is 6.42 Å². The highest BCUT2D eigenvalue weighted by Crippen LogP contribution is 2.24. The molecule has 0 unspecified atom stereocenters. The zero-order chi connectivity index (χ0) is 14.6. The zero-order valence-corrected chi connectivity index (χ0v) is 12.5. The minimum absolute atomic E-state index is 0.0703. The van der Waals surface area contributed by atoms with Gasteiger partial charge in [0.15, 0.2) is 0 Å². The smallest absolute Gasteiger partial charge is 0.315 e. The van der Waals surface area contributed by atoms with Gasteiger partial charge in [0.1, 0.15) is 6.61 Å². The Morgan fingerprint density at radius 2 is 1.68 bits per heavy atom. The molecule has 0 aromatic carbocycles. The molecule has 19 heavy (non-hydrogen) atoms. The van der Waals surface area contributed by atoms with E-state index in [-0.39, 0.29) is 23.7 Å². The summed E-state index contributed by atoms with van der Waals surface area (Å²) in [7, 11) is 0. The van der Waals surface area contributed by atoms with Gasteiger partial charge in [-0.3, -0.25) is 4.79 Å². The summed E-state index contributed by atoms with van der Waals surface area (Å²) in [5, 5.41) is 0. The molecule has 0 saturated heterocycles. The molecule has 0 fully saturated rings. The Balaban J connectivity index is 4.48. The summed E-state index contributed by atoms with van der Waals surface area (Å²) < 4.78 is 16.2. The first-order valence-electron chi connectivity index (χ1n) is 6.28. The van der Waals surface area contributed by atoms with E-state index in [1.807, 2.05) is 6.92 Å². The van der Waals surface area contributed by atoms with Crippen LogP contribution in [0.3, 0.4) is 0 Å². The number of carbonyl (C=O) groups is 1. The average molecular weight is 288 g/mol. The van der Waals surface area contributed by atoms with Crippen LogP contribution in [-0.4, -0.2) is 44.8 Å². The Hall–Kier alpha value is -0.780. The van der Waals surface area contributed by atoms with E-state index in [0.717, 1.165) is 6.42 Å². The number of ether oxygens (including phenoxy) is 3. The fourth-order valence-electron chi connectivity index (χ4n) is 1.43. The molecular formula is C14H24O4S. The quantitative estimate of drug-likeness (QED) is 0.259. The van der Waals surface area contributed by atoms with Crippen LogP contribution in [0.2, 0.25) is 0 Å². The molecular weight excluding hydrogens is 264 g/mol. The summed E-state index contributed by atoms with van der Waals surface area (Å²) >= 11 is 3.88. The second-order valence-electron chi connectivity index (χ2n) is 4.28. The van der Waals surface area contributed by atoms with E-state index in [2.05, 4.69) is 25.8 Å². The fraction of sp³-hybridized carbons (Fsp3) is 0.643. The molecule has 0 N–H and O–H groups in total. The van der Waals surface area contributed by atoms with Crippen LogP contribution in [-0.2, 0) is 19.0 Å². The van der Waals surface area contributed by atoms with E-state index in [9.17, 15) is 4.79 Å². The van der Waals surface area contributed by atoms with Crippen molar-refractivity contribution >= 4 is 18.6 Å². The minimum atomic E-state index is -0.343. The molecule has 110 valence electrons. The van der Waals surface area contributed by atoms with Gasteiger partial charge in [-0.25, -0.2) is 0 Å². The molecule has 0 aromatic rings. The largest absolute Gasteiger partial charge is 0.464 e. The van der Waals surface area contributed by atoms with Gasteiger partial charge in [0, 0.05) is 0 Å². The Morgan fingerprint density at radius 3 is 2.05 bits per heavy atom. The van der Waals surface area contributed by atoms with Gasteiger partial charge >= 0.3 is 5.97 Å². The van der Waals surface area contributed by atoms with Crippen LogP contribution in [0.25, 0.3) is 0 Å². The Kier molecular flexibility index (Phi) is 10.6. The molecule has 0 aliphatic carbocycles. The molecule has 0 saturated carbocycles. The number of carbonyl (C=O) groups excluding carboxylic acids is 1. The van der Waals surface area contributed by atoms with Crippen LogP contribution in [0.15, 0.2) is 25.3 Å². The van der Waals surface area contributed by atoms with Gasteiger partial charge in [0.2, 0.25) is 0 Å². The lowest BCUT2D eigenvalue weighted by Crippen LogP contribution is -2.38. The van der Waals surface area contributed by atoms with Crippen LogP contribution in [0.1, 0.15) is 13.3 Å². The number of hydrogen-bond donors (Lipinski definition) is 1. The second kappa shape index (κ2) is 11.1. The summed E-state index contributed by atoms with van der Waals surface area (Å²) in [6, 6.07) is 0. The van der Waals surface area contributed by atoms with Gasteiger partial charge in [0.25, 0.3) is 0 Å². The number of rotatable bonds is 12. The van der Waals surface area contributed by atoms with Crippen molar-refractivity contribution < 1.29 is 19.0 Å². The average Bonchev–Trinajstić information content (AvgIpc) is 2.44. The molecule has 0 bridgehead atoms. The van der Waals surface area contributed by atoms with Crippen LogP contribution in [0, 0.1) is 5.41 Å². The van der Waals surface area contributed by atoms with Crippen LogP contribution >= 0.6 is 12.6 Å². The molecule has 0 atom stereocenters. The normalized spacial score (nSPS) is 11.1. The molecule has 5 heteroatoms. The third kappa shape index (κ3) is 8.08. The van der Waals surface area contributed by atoms with Gasteiger partial charge in [0.05, 0.1) is 37.6 Å². The van der Waals surface area contributed by atoms with Crippen LogP contribution in [0.4, 0.5) is 0 Å². The highest BCUT2D eigenvalue weighted by molar-refractivity contribution is 7.81. The van der Waals surface area contributed by atoms with Crippen molar-refractivity contribution in [3.05, 3.63) is 25.3 Å². The molecule has 0 heterocycles. The van der Waals surface area contributed by atoms with Crippen molar-refractivity contribution in [1.82, 2.24) is 0 Å². The first kappa shape index (κ1) is 18.2. The van der Waals surface area contributed by atoms with Crippen LogP contribution in [0.5, 0.6) is 0 Å². The standard InChI is InChI=1S/C14H24O4S/c1-4-7-16-10-14(6-3,11-17-8-5-2)12-18-13(15)9-19/h4-5,19H,1-2,6-12H2,3H3. The molecule has 0 rings (SSSR count). The van der Waals surface area contributed by atoms with E-state index in [0.29, 0.717) is 26.4 Å². The Bertz CT molecular complexity index is 265. The predicted molar refractivity (Wildman–Crippen MR) is 79.6 cm³/mol. The summed E-state index contributed by atoms with van der Waals surface area (Å²) in [6.45, 7) is 11.3. The lowest BCUT2D eigenvalue weighted by Gasteiger charge is -2.31.